The van der Waals surface area contributed by atoms with Crippen LogP contribution in [0.4, 0.5) is 0 Å². The minimum Gasteiger partial charge on any atom is -0.482 e. The number of amides is 1. The molecule has 2 aromatic heterocycles. The highest BCUT2D eigenvalue weighted by molar-refractivity contribution is 5.91. The molecule has 1 N–H and O–H groups in total. The maximum atomic E-state index is 12.1. The molecule has 1 aromatic carbocycles. The van der Waals surface area contributed by atoms with Gasteiger partial charge in [0.1, 0.15) is 12.9 Å². The molecule has 0 fully saturated rings. The summed E-state index contributed by atoms with van der Waals surface area (Å²) in [5.74, 6) is -0.482. The van der Waals surface area contributed by atoms with Crippen molar-refractivity contribution in [3.8, 4) is 5.75 Å². The van der Waals surface area contributed by atoms with Crippen molar-refractivity contribution in [3.63, 3.8) is 0 Å². The van der Waals surface area contributed by atoms with Crippen LogP contribution in [0.1, 0.15) is 21.7 Å². The Hall–Kier alpha value is -3.41. The quantitative estimate of drug-likeness (QED) is 0.748. The second-order valence-electron chi connectivity index (χ2n) is 5.29. The van der Waals surface area contributed by atoms with Gasteiger partial charge in [0.05, 0.1) is 0 Å². The van der Waals surface area contributed by atoms with Crippen molar-refractivity contribution in [3.05, 3.63) is 94.3 Å². The van der Waals surface area contributed by atoms with Gasteiger partial charge in [0.25, 0.3) is 5.91 Å². The smallest absolute Gasteiger partial charge is 0.287 e. The number of rotatable bonds is 6. The van der Waals surface area contributed by atoms with Gasteiger partial charge in [-0.25, -0.2) is 0 Å². The van der Waals surface area contributed by atoms with E-state index in [1.54, 1.807) is 18.5 Å². The fourth-order valence-corrected chi connectivity index (χ4v) is 2.13. The van der Waals surface area contributed by atoms with Crippen molar-refractivity contribution < 1.29 is 13.9 Å². The number of pyridine rings is 1. The number of carbonyl (C=O) groups excluding carboxylic acids is 1. The SMILES string of the molecule is O=C(NCc1cccnc1)c1cc(=O)c(OCc2ccccc2)co1. The molecule has 0 unspecified atom stereocenters. The van der Waals surface area contributed by atoms with Gasteiger partial charge >= 0.3 is 0 Å². The molecule has 0 atom stereocenters. The molecule has 0 spiro atoms. The summed E-state index contributed by atoms with van der Waals surface area (Å²) in [6, 6.07) is 14.2. The Balaban J connectivity index is 1.61. The summed E-state index contributed by atoms with van der Waals surface area (Å²) in [6.07, 6.45) is 4.46. The van der Waals surface area contributed by atoms with Crippen LogP contribution in [0.25, 0.3) is 0 Å². The van der Waals surface area contributed by atoms with Gasteiger partial charge in [-0.2, -0.15) is 0 Å². The predicted molar refractivity (Wildman–Crippen MR) is 91.2 cm³/mol. The molecule has 0 bridgehead atoms. The van der Waals surface area contributed by atoms with E-state index in [2.05, 4.69) is 10.3 Å². The molecule has 1 amide bonds. The molecule has 0 aliphatic rings. The number of aromatic nitrogens is 1. The van der Waals surface area contributed by atoms with Crippen molar-refractivity contribution in [1.29, 1.82) is 0 Å². The Morgan fingerprint density at radius 3 is 2.64 bits per heavy atom. The first-order valence-corrected chi connectivity index (χ1v) is 7.69. The van der Waals surface area contributed by atoms with Crippen LogP contribution in [-0.2, 0) is 13.2 Å². The molecule has 6 nitrogen and oxygen atoms in total. The van der Waals surface area contributed by atoms with E-state index in [0.717, 1.165) is 23.5 Å². The molecule has 126 valence electrons. The van der Waals surface area contributed by atoms with Crippen molar-refractivity contribution in [2.24, 2.45) is 0 Å². The lowest BCUT2D eigenvalue weighted by molar-refractivity contribution is 0.0919. The van der Waals surface area contributed by atoms with Gasteiger partial charge in [0.15, 0.2) is 5.76 Å². The van der Waals surface area contributed by atoms with Crippen molar-refractivity contribution in [1.82, 2.24) is 10.3 Å². The van der Waals surface area contributed by atoms with E-state index in [1.165, 1.54) is 0 Å². The molecule has 25 heavy (non-hydrogen) atoms. The van der Waals surface area contributed by atoms with Gasteiger partial charge in [-0.3, -0.25) is 14.6 Å². The van der Waals surface area contributed by atoms with Gasteiger partial charge in [0.2, 0.25) is 11.2 Å². The third kappa shape index (κ3) is 4.54. The van der Waals surface area contributed by atoms with Gasteiger partial charge in [-0.1, -0.05) is 36.4 Å². The highest BCUT2D eigenvalue weighted by atomic mass is 16.5. The maximum Gasteiger partial charge on any atom is 0.287 e. The van der Waals surface area contributed by atoms with Crippen LogP contribution in [0, 0.1) is 0 Å². The zero-order valence-corrected chi connectivity index (χ0v) is 13.3. The minimum absolute atomic E-state index is 0.0627. The molecule has 2 heterocycles. The topological polar surface area (TPSA) is 81.4 Å². The number of nitrogens with one attached hydrogen (secondary N) is 1. The van der Waals surface area contributed by atoms with Gasteiger partial charge in [0, 0.05) is 25.0 Å². The predicted octanol–water partition coefficient (Wildman–Crippen LogP) is 2.54. The summed E-state index contributed by atoms with van der Waals surface area (Å²) >= 11 is 0. The molecule has 3 aromatic rings. The zero-order chi connectivity index (χ0) is 17.5. The van der Waals surface area contributed by atoms with Crippen LogP contribution in [0.5, 0.6) is 5.75 Å². The highest BCUT2D eigenvalue weighted by Crippen LogP contribution is 2.09. The third-order valence-corrected chi connectivity index (χ3v) is 3.43. The van der Waals surface area contributed by atoms with Crippen LogP contribution in [0.3, 0.4) is 0 Å². The average Bonchev–Trinajstić information content (AvgIpc) is 2.66. The Morgan fingerprint density at radius 2 is 1.92 bits per heavy atom. The van der Waals surface area contributed by atoms with E-state index >= 15 is 0 Å². The van der Waals surface area contributed by atoms with Crippen molar-refractivity contribution in [2.75, 3.05) is 0 Å². The molecule has 3 rings (SSSR count). The molecular formula is C19H16N2O4. The van der Waals surface area contributed by atoms with Gasteiger partial charge in [-0.05, 0) is 17.2 Å². The van der Waals surface area contributed by atoms with Gasteiger partial charge in [-0.15, -0.1) is 0 Å². The van der Waals surface area contributed by atoms with Crippen LogP contribution in [0.15, 0.2) is 76.4 Å². The maximum absolute atomic E-state index is 12.1. The summed E-state index contributed by atoms with van der Waals surface area (Å²) in [4.78, 5) is 28.1. The monoisotopic (exact) mass is 336 g/mol. The Morgan fingerprint density at radius 1 is 1.12 bits per heavy atom. The fraction of sp³-hybridized carbons (Fsp3) is 0.105. The van der Waals surface area contributed by atoms with E-state index in [0.29, 0.717) is 6.54 Å². The molecule has 0 saturated carbocycles. The summed E-state index contributed by atoms with van der Waals surface area (Å²) < 4.78 is 10.7. The minimum atomic E-state index is -0.476. The number of benzene rings is 1. The first kappa shape index (κ1) is 16.4. The second kappa shape index (κ2) is 7.92. The first-order chi connectivity index (χ1) is 12.2. The zero-order valence-electron chi connectivity index (χ0n) is 13.3. The largest absolute Gasteiger partial charge is 0.482 e. The summed E-state index contributed by atoms with van der Waals surface area (Å²) in [6.45, 7) is 0.542. The average molecular weight is 336 g/mol. The number of hydrogen-bond acceptors (Lipinski definition) is 5. The normalized spacial score (nSPS) is 10.2. The Labute approximate surface area is 144 Å². The lowest BCUT2D eigenvalue weighted by Gasteiger charge is -2.07. The fourth-order valence-electron chi connectivity index (χ4n) is 2.13. The van der Waals surface area contributed by atoms with E-state index in [1.807, 2.05) is 36.4 Å². The second-order valence-corrected chi connectivity index (χ2v) is 5.29. The molecule has 0 saturated heterocycles. The van der Waals surface area contributed by atoms with E-state index in [4.69, 9.17) is 9.15 Å². The number of ether oxygens (including phenoxy) is 1. The Kier molecular flexibility index (Phi) is 5.21. The van der Waals surface area contributed by atoms with E-state index in [-0.39, 0.29) is 18.1 Å². The highest BCUT2D eigenvalue weighted by Gasteiger charge is 2.12. The standard InChI is InChI=1S/C19H16N2O4/c22-16-9-17(19(23)21-11-15-7-4-8-20-10-15)25-13-18(16)24-12-14-5-2-1-3-6-14/h1-10,13H,11-12H2,(H,21,23). The molecular weight excluding hydrogens is 320 g/mol. The Bertz CT molecular complexity index is 892. The summed E-state index contributed by atoms with van der Waals surface area (Å²) in [5, 5.41) is 2.67. The molecule has 0 aliphatic heterocycles. The van der Waals surface area contributed by atoms with Crippen LogP contribution >= 0.6 is 0 Å². The number of nitrogens with zero attached hydrogens (tertiary/aromatic N) is 1. The van der Waals surface area contributed by atoms with Crippen LogP contribution < -0.4 is 15.5 Å². The molecule has 0 aliphatic carbocycles. The summed E-state index contributed by atoms with van der Waals surface area (Å²) in [7, 11) is 0. The molecule has 6 heteroatoms. The van der Waals surface area contributed by atoms with Crippen LogP contribution in [-0.4, -0.2) is 10.9 Å². The summed E-state index contributed by atoms with van der Waals surface area (Å²) in [5.41, 5.74) is 1.37. The number of carbonyl (C=O) groups is 1. The lowest BCUT2D eigenvalue weighted by atomic mass is 10.2. The van der Waals surface area contributed by atoms with Crippen molar-refractivity contribution in [2.45, 2.75) is 13.2 Å². The van der Waals surface area contributed by atoms with Crippen molar-refractivity contribution >= 4 is 5.91 Å². The van der Waals surface area contributed by atoms with Crippen LogP contribution in [0.2, 0.25) is 0 Å². The van der Waals surface area contributed by atoms with Gasteiger partial charge < -0.3 is 14.5 Å². The third-order valence-electron chi connectivity index (χ3n) is 3.43. The van der Waals surface area contributed by atoms with E-state index < -0.39 is 11.3 Å². The lowest BCUT2D eigenvalue weighted by Crippen LogP contribution is -2.24. The molecule has 0 radical (unpaired) electrons. The van der Waals surface area contributed by atoms with E-state index in [9.17, 15) is 9.59 Å². The first-order valence-electron chi connectivity index (χ1n) is 7.69. The number of hydrogen-bond donors (Lipinski definition) is 1.